The van der Waals surface area contributed by atoms with Crippen molar-refractivity contribution in [2.45, 2.75) is 19.9 Å². The second-order valence-electron chi connectivity index (χ2n) is 10.7. The van der Waals surface area contributed by atoms with E-state index in [1.807, 2.05) is 12.1 Å². The highest BCUT2D eigenvalue weighted by molar-refractivity contribution is 7.32. The summed E-state index contributed by atoms with van der Waals surface area (Å²) in [4.78, 5) is 15.3. The van der Waals surface area contributed by atoms with Crippen LogP contribution in [0.1, 0.15) is 25.0 Å². The second kappa shape index (κ2) is 16.8. The van der Waals surface area contributed by atoms with E-state index in [0.717, 1.165) is 6.54 Å². The monoisotopic (exact) mass is 754 g/mol. The Morgan fingerprint density at radius 3 is 1.73 bits per heavy atom. The number of ether oxygens (including phenoxy) is 2. The van der Waals surface area contributed by atoms with Gasteiger partial charge in [-0.15, -0.1) is 0 Å². The van der Waals surface area contributed by atoms with Gasteiger partial charge in [0.1, 0.15) is 24.7 Å². The number of ketones is 1. The van der Waals surface area contributed by atoms with E-state index < -0.39 is 0 Å². The van der Waals surface area contributed by atoms with E-state index in [4.69, 9.17) is 55.9 Å². The molecule has 0 saturated heterocycles. The van der Waals surface area contributed by atoms with Gasteiger partial charge in [0.2, 0.25) is 0 Å². The molecule has 0 bridgehead atoms. The van der Waals surface area contributed by atoms with E-state index in [0.29, 0.717) is 49.3 Å². The van der Waals surface area contributed by atoms with Crippen LogP contribution < -0.4 is 18.0 Å². The summed E-state index contributed by atoms with van der Waals surface area (Å²) in [6.07, 6.45) is 6.08. The van der Waals surface area contributed by atoms with Gasteiger partial charge in [-0.25, -0.2) is 4.58 Å². The molecule has 10 heteroatoms. The number of carbonyl (C=O) groups is 1. The van der Waals surface area contributed by atoms with Crippen molar-refractivity contribution in [2.75, 3.05) is 20.3 Å². The number of hydrogen-bond acceptors (Lipinski definition) is 5. The minimum Gasteiger partial charge on any atom is -0.495 e. The van der Waals surface area contributed by atoms with Crippen molar-refractivity contribution in [3.63, 3.8) is 0 Å². The average Bonchev–Trinajstić information content (AvgIpc) is 3.52. The molecule has 48 heavy (non-hydrogen) atoms. The molecule has 1 heterocycles. The smallest absolute Gasteiger partial charge is 0.315 e. The fraction of sp³-hybridized carbons (Fsp3) is 0.158. The van der Waals surface area contributed by atoms with Gasteiger partial charge >= 0.3 is 3.98 Å². The normalized spacial score (nSPS) is 12.1. The van der Waals surface area contributed by atoms with Crippen molar-refractivity contribution in [3.05, 3.63) is 132 Å². The highest BCUT2D eigenvalue weighted by atomic mass is 35.5. The van der Waals surface area contributed by atoms with Crippen LogP contribution in [-0.4, -0.2) is 32.1 Å². The molecule has 0 N–H and O–H groups in total. The number of carbonyl (C=O) groups excluding carboxylic acids is 1. The largest absolute Gasteiger partial charge is 0.495 e. The molecule has 0 aliphatic carbocycles. The fourth-order valence-corrected chi connectivity index (χ4v) is 9.25. The van der Waals surface area contributed by atoms with Crippen LogP contribution in [0.3, 0.4) is 0 Å². The summed E-state index contributed by atoms with van der Waals surface area (Å²) >= 11 is 28.9. The molecule has 0 radical (unpaired) electrons. The molecule has 1 atom stereocenters. The highest BCUT2D eigenvalue weighted by Crippen LogP contribution is 2.38. The third kappa shape index (κ3) is 8.80. The number of benzene rings is 4. The Kier molecular flexibility index (Phi) is 12.6. The van der Waals surface area contributed by atoms with E-state index in [1.54, 1.807) is 59.1 Å². The third-order valence-electron chi connectivity index (χ3n) is 7.37. The first-order chi connectivity index (χ1) is 23.2. The van der Waals surface area contributed by atoms with Gasteiger partial charge in [-0.3, -0.25) is 4.79 Å². The van der Waals surface area contributed by atoms with E-state index in [2.05, 4.69) is 67.0 Å². The lowest BCUT2D eigenvalue weighted by Gasteiger charge is -2.15. The first-order valence-electron chi connectivity index (χ1n) is 15.1. The molecule has 4 nitrogen and oxygen atoms in total. The van der Waals surface area contributed by atoms with E-state index >= 15 is 0 Å². The molecule has 4 aromatic carbocycles. The molecule has 246 valence electrons. The lowest BCUT2D eigenvalue weighted by atomic mass is 10.1. The summed E-state index contributed by atoms with van der Waals surface area (Å²) in [5.74, 6) is 0.603. The standard InChI is InChI=1S/C38H32Cl4NO3S2/c1-4-43(38-47-36(25-11-7-5-8-12-25)37(48-38)26-13-9-6-10-14-26)24(2)23-46-35-28(20-30(40)22-33(35)42)16-18-31(44)17-15-27-19-29(39)21-32(41)34(27)45-3/h5-22,24H,4,23H2,1-3H3/q+1/b17-15+,18-16+. The van der Waals surface area contributed by atoms with Crippen LogP contribution in [0.25, 0.3) is 33.0 Å². The van der Waals surface area contributed by atoms with Crippen molar-refractivity contribution < 1.29 is 14.3 Å². The van der Waals surface area contributed by atoms with Crippen molar-refractivity contribution in [2.24, 2.45) is 0 Å². The van der Waals surface area contributed by atoms with Gasteiger partial charge in [0.15, 0.2) is 11.8 Å². The lowest BCUT2D eigenvalue weighted by Crippen LogP contribution is -2.38. The minimum atomic E-state index is -0.275. The van der Waals surface area contributed by atoms with Crippen LogP contribution in [0.5, 0.6) is 11.5 Å². The first kappa shape index (κ1) is 35.9. The Hall–Kier alpha value is -3.36. The Labute approximate surface area is 308 Å². The Morgan fingerprint density at radius 2 is 1.25 bits per heavy atom. The third-order valence-corrected chi connectivity index (χ3v) is 11.1. The summed E-state index contributed by atoms with van der Waals surface area (Å²) < 4.78 is 15.3. The maximum Gasteiger partial charge on any atom is 0.315 e. The predicted octanol–water partition coefficient (Wildman–Crippen LogP) is 11.3. The first-order valence-corrected chi connectivity index (χ1v) is 18.2. The Morgan fingerprint density at radius 1 is 0.771 bits per heavy atom. The topological polar surface area (TPSA) is 38.5 Å². The average molecular weight is 757 g/mol. The molecular weight excluding hydrogens is 724 g/mol. The lowest BCUT2D eigenvalue weighted by molar-refractivity contribution is -0.110. The van der Waals surface area contributed by atoms with Crippen LogP contribution in [0.2, 0.25) is 20.1 Å². The molecule has 5 rings (SSSR count). The molecule has 0 aliphatic heterocycles. The summed E-state index contributed by atoms with van der Waals surface area (Å²) in [6.45, 7) is 5.41. The summed E-state index contributed by atoms with van der Waals surface area (Å²) in [6, 6.07) is 27.6. The number of methoxy groups -OCH3 is 1. The van der Waals surface area contributed by atoms with Gasteiger partial charge in [0.25, 0.3) is 0 Å². The molecule has 1 aromatic heterocycles. The molecule has 0 spiro atoms. The molecular formula is C38H32Cl4NO3S2+. The zero-order chi connectivity index (χ0) is 34.2. The number of rotatable bonds is 12. The van der Waals surface area contributed by atoms with Crippen LogP contribution >= 0.6 is 69.1 Å². The number of hydrogen-bond donors (Lipinski definition) is 0. The van der Waals surface area contributed by atoms with Crippen molar-refractivity contribution in [3.8, 4) is 32.4 Å². The SMILES string of the molecule is CC[N+](=c1sc(-c2ccccc2)c(-c2ccccc2)s1)C(C)COc1c(Cl)cc(Cl)cc1/C=C/C(=O)/C=C/c1cc(Cl)cc(Cl)c1OC. The van der Waals surface area contributed by atoms with Gasteiger partial charge in [-0.05, 0) is 66.6 Å². The molecule has 1 unspecified atom stereocenters. The van der Waals surface area contributed by atoms with Gasteiger partial charge in [-0.1, -0.05) is 130 Å². The maximum atomic E-state index is 12.8. The van der Waals surface area contributed by atoms with Crippen LogP contribution in [-0.2, 0) is 4.79 Å². The number of allylic oxidation sites excluding steroid dienone is 2. The van der Waals surface area contributed by atoms with Gasteiger partial charge in [-0.2, -0.15) is 0 Å². The quantitative estimate of drug-likeness (QED) is 0.0940. The number of nitrogens with zero attached hydrogens (tertiary/aromatic N) is 1. The molecule has 0 saturated carbocycles. The van der Waals surface area contributed by atoms with Crippen LogP contribution in [0.4, 0.5) is 0 Å². The fourth-order valence-electron chi connectivity index (χ4n) is 5.05. The molecule has 5 aromatic rings. The van der Waals surface area contributed by atoms with Gasteiger partial charge in [0, 0.05) is 28.1 Å². The van der Waals surface area contributed by atoms with Gasteiger partial charge < -0.3 is 9.47 Å². The minimum absolute atomic E-state index is 0.00443. The highest BCUT2D eigenvalue weighted by Gasteiger charge is 2.22. The second-order valence-corrected chi connectivity index (χ2v) is 14.6. The molecule has 0 aliphatic rings. The summed E-state index contributed by atoms with van der Waals surface area (Å²) in [7, 11) is 1.50. The summed E-state index contributed by atoms with van der Waals surface area (Å²) in [5.41, 5.74) is 3.55. The van der Waals surface area contributed by atoms with Crippen molar-refractivity contribution >= 4 is 87.0 Å². The zero-order valence-electron chi connectivity index (χ0n) is 26.4. The van der Waals surface area contributed by atoms with Crippen LogP contribution in [0.15, 0.2) is 97.1 Å². The van der Waals surface area contributed by atoms with Crippen molar-refractivity contribution in [1.29, 1.82) is 0 Å². The number of halogens is 4. The maximum absolute atomic E-state index is 12.8. The predicted molar refractivity (Wildman–Crippen MR) is 206 cm³/mol. The van der Waals surface area contributed by atoms with Crippen LogP contribution in [0, 0.1) is 0 Å². The van der Waals surface area contributed by atoms with E-state index in [-0.39, 0.29) is 11.8 Å². The Balaban J connectivity index is 1.40. The van der Waals surface area contributed by atoms with E-state index in [9.17, 15) is 4.79 Å². The summed E-state index contributed by atoms with van der Waals surface area (Å²) in [5, 5.41) is 1.57. The zero-order valence-corrected chi connectivity index (χ0v) is 31.0. The van der Waals surface area contributed by atoms with Gasteiger partial charge in [0.05, 0.1) is 26.9 Å². The molecule has 0 amide bonds. The number of likely N-dealkylation sites (N-methyl/N-ethyl adjacent to an activating group) is 1. The molecule has 0 fully saturated rings. The van der Waals surface area contributed by atoms with E-state index in [1.165, 1.54) is 44.1 Å². The van der Waals surface area contributed by atoms with Crippen molar-refractivity contribution in [1.82, 2.24) is 4.58 Å². The Bertz CT molecular complexity index is 1980.